The van der Waals surface area contributed by atoms with E-state index >= 15 is 0 Å². The van der Waals surface area contributed by atoms with Crippen molar-refractivity contribution in [2.45, 2.75) is 13.0 Å². The fourth-order valence-electron chi connectivity index (χ4n) is 1.79. The molecule has 1 unspecified atom stereocenters. The Kier molecular flexibility index (Phi) is 3.34. The smallest absolute Gasteiger partial charge is 0.133 e. The Morgan fingerprint density at radius 2 is 2.17 bits per heavy atom. The van der Waals surface area contributed by atoms with E-state index in [0.29, 0.717) is 11.4 Å². The first-order valence-corrected chi connectivity index (χ1v) is 5.54. The molecule has 0 saturated carbocycles. The summed E-state index contributed by atoms with van der Waals surface area (Å²) in [5.41, 5.74) is 0.760. The summed E-state index contributed by atoms with van der Waals surface area (Å²) in [4.78, 5) is 4.08. The molecule has 0 saturated heterocycles. The predicted molar refractivity (Wildman–Crippen MR) is 65.0 cm³/mol. The molecule has 1 heterocycles. The van der Waals surface area contributed by atoms with Crippen LogP contribution < -0.4 is 4.74 Å². The Bertz CT molecular complexity index is 566. The molecule has 5 heteroatoms. The second-order valence-electron chi connectivity index (χ2n) is 4.08. The van der Waals surface area contributed by atoms with Crippen LogP contribution in [0.4, 0.5) is 4.39 Å². The normalized spacial score (nSPS) is 12.5. The lowest BCUT2D eigenvalue weighted by Crippen LogP contribution is -2.08. The maximum Gasteiger partial charge on any atom is 0.133 e. The standard InChI is InChI=1S/C13H15FN2O2/c1-8-15-7-12(16(8)2)13(17)10-5-4-9(18-3)6-11(10)14/h4-7,13,17H,1-3H3. The minimum absolute atomic E-state index is 0.207. The first kappa shape index (κ1) is 12.6. The molecule has 0 spiro atoms. The van der Waals surface area contributed by atoms with Gasteiger partial charge in [0.1, 0.15) is 23.5 Å². The van der Waals surface area contributed by atoms with E-state index in [2.05, 4.69) is 4.98 Å². The number of hydrogen-bond acceptors (Lipinski definition) is 3. The Balaban J connectivity index is 2.40. The zero-order valence-electron chi connectivity index (χ0n) is 10.5. The molecule has 1 aromatic carbocycles. The van der Waals surface area contributed by atoms with Crippen LogP contribution in [-0.4, -0.2) is 21.8 Å². The van der Waals surface area contributed by atoms with Gasteiger partial charge in [0.25, 0.3) is 0 Å². The highest BCUT2D eigenvalue weighted by molar-refractivity contribution is 5.33. The molecule has 2 aromatic rings. The predicted octanol–water partition coefficient (Wildman–Crippen LogP) is 1.96. The van der Waals surface area contributed by atoms with Crippen LogP contribution in [-0.2, 0) is 7.05 Å². The molecule has 0 amide bonds. The molecule has 0 radical (unpaired) electrons. The van der Waals surface area contributed by atoms with Gasteiger partial charge in [-0.2, -0.15) is 0 Å². The summed E-state index contributed by atoms with van der Waals surface area (Å²) in [6.07, 6.45) is 0.506. The number of hydrogen-bond donors (Lipinski definition) is 1. The Morgan fingerprint density at radius 1 is 1.44 bits per heavy atom. The van der Waals surface area contributed by atoms with Crippen molar-refractivity contribution in [1.82, 2.24) is 9.55 Å². The number of benzene rings is 1. The number of methoxy groups -OCH3 is 1. The van der Waals surface area contributed by atoms with E-state index in [4.69, 9.17) is 4.74 Å². The van der Waals surface area contributed by atoms with Crippen LogP contribution in [0.1, 0.15) is 23.2 Å². The van der Waals surface area contributed by atoms with E-state index in [1.165, 1.54) is 19.2 Å². The van der Waals surface area contributed by atoms with Crippen LogP contribution in [0.15, 0.2) is 24.4 Å². The van der Waals surface area contributed by atoms with Gasteiger partial charge in [-0.05, 0) is 19.1 Å². The number of aliphatic hydroxyl groups is 1. The van der Waals surface area contributed by atoms with Crippen LogP contribution in [0.3, 0.4) is 0 Å². The molecule has 0 aliphatic carbocycles. The maximum absolute atomic E-state index is 13.8. The van der Waals surface area contributed by atoms with Gasteiger partial charge < -0.3 is 14.4 Å². The van der Waals surface area contributed by atoms with Crippen LogP contribution in [0.25, 0.3) is 0 Å². The number of imidazole rings is 1. The summed E-state index contributed by atoms with van der Waals surface area (Å²) in [7, 11) is 3.25. The van der Waals surface area contributed by atoms with E-state index in [9.17, 15) is 9.50 Å². The molecule has 0 bridgehead atoms. The number of ether oxygens (including phenoxy) is 1. The van der Waals surface area contributed by atoms with Crippen molar-refractivity contribution in [1.29, 1.82) is 0 Å². The Morgan fingerprint density at radius 3 is 2.67 bits per heavy atom. The number of nitrogens with zero attached hydrogens (tertiary/aromatic N) is 2. The van der Waals surface area contributed by atoms with Crippen molar-refractivity contribution >= 4 is 0 Å². The highest BCUT2D eigenvalue weighted by Crippen LogP contribution is 2.26. The quantitative estimate of drug-likeness (QED) is 0.905. The van der Waals surface area contributed by atoms with Crippen LogP contribution >= 0.6 is 0 Å². The highest BCUT2D eigenvalue weighted by atomic mass is 19.1. The molecule has 0 aliphatic heterocycles. The molecule has 0 aliphatic rings. The SMILES string of the molecule is COc1ccc(C(O)c2cnc(C)n2C)c(F)c1. The fraction of sp³-hybridized carbons (Fsp3) is 0.308. The second-order valence-corrected chi connectivity index (χ2v) is 4.08. The van der Waals surface area contributed by atoms with Crippen LogP contribution in [0, 0.1) is 12.7 Å². The first-order chi connectivity index (χ1) is 8.54. The molecule has 1 aromatic heterocycles. The molecule has 18 heavy (non-hydrogen) atoms. The summed E-state index contributed by atoms with van der Waals surface area (Å²) < 4.78 is 20.5. The topological polar surface area (TPSA) is 47.3 Å². The third-order valence-electron chi connectivity index (χ3n) is 3.04. The van der Waals surface area contributed by atoms with Gasteiger partial charge in [-0.3, -0.25) is 0 Å². The lowest BCUT2D eigenvalue weighted by molar-refractivity contribution is 0.206. The number of aromatic nitrogens is 2. The second kappa shape index (κ2) is 4.78. The summed E-state index contributed by atoms with van der Waals surface area (Å²) in [6, 6.07) is 4.38. The number of aryl methyl sites for hydroxylation is 1. The van der Waals surface area contributed by atoms with Gasteiger partial charge in [0.2, 0.25) is 0 Å². The van der Waals surface area contributed by atoms with Gasteiger partial charge in [-0.15, -0.1) is 0 Å². The average Bonchev–Trinajstić information content (AvgIpc) is 2.69. The largest absolute Gasteiger partial charge is 0.497 e. The fourth-order valence-corrected chi connectivity index (χ4v) is 1.79. The van der Waals surface area contributed by atoms with E-state index in [0.717, 1.165) is 5.82 Å². The Labute approximate surface area is 105 Å². The first-order valence-electron chi connectivity index (χ1n) is 5.54. The van der Waals surface area contributed by atoms with Gasteiger partial charge in [0, 0.05) is 18.7 Å². The van der Waals surface area contributed by atoms with Gasteiger partial charge in [-0.25, -0.2) is 9.37 Å². The summed E-state index contributed by atoms with van der Waals surface area (Å²) in [5, 5.41) is 10.2. The molecule has 2 rings (SSSR count). The minimum Gasteiger partial charge on any atom is -0.497 e. The van der Waals surface area contributed by atoms with E-state index in [1.807, 2.05) is 6.92 Å². The number of aliphatic hydroxyl groups excluding tert-OH is 1. The zero-order valence-corrected chi connectivity index (χ0v) is 10.5. The van der Waals surface area contributed by atoms with Crippen molar-refractivity contribution < 1.29 is 14.2 Å². The van der Waals surface area contributed by atoms with Gasteiger partial charge in [-0.1, -0.05) is 0 Å². The van der Waals surface area contributed by atoms with Crippen molar-refractivity contribution in [3.05, 3.63) is 47.3 Å². The van der Waals surface area contributed by atoms with Gasteiger partial charge >= 0.3 is 0 Å². The monoisotopic (exact) mass is 250 g/mol. The molecule has 1 N–H and O–H groups in total. The molecule has 1 atom stereocenters. The molecular formula is C13H15FN2O2. The lowest BCUT2D eigenvalue weighted by atomic mass is 10.1. The highest BCUT2D eigenvalue weighted by Gasteiger charge is 2.19. The van der Waals surface area contributed by atoms with E-state index < -0.39 is 11.9 Å². The van der Waals surface area contributed by atoms with Crippen molar-refractivity contribution in [3.8, 4) is 5.75 Å². The molecule has 4 nitrogen and oxygen atoms in total. The van der Waals surface area contributed by atoms with E-state index in [1.54, 1.807) is 23.9 Å². The Hall–Kier alpha value is -1.88. The maximum atomic E-state index is 13.8. The van der Waals surface area contributed by atoms with E-state index in [-0.39, 0.29) is 5.56 Å². The van der Waals surface area contributed by atoms with Gasteiger partial charge in [0.05, 0.1) is 19.0 Å². The average molecular weight is 250 g/mol. The lowest BCUT2D eigenvalue weighted by Gasteiger charge is -2.13. The summed E-state index contributed by atoms with van der Waals surface area (Å²) >= 11 is 0. The van der Waals surface area contributed by atoms with Crippen molar-refractivity contribution in [2.75, 3.05) is 7.11 Å². The summed E-state index contributed by atoms with van der Waals surface area (Å²) in [6.45, 7) is 1.82. The molecule has 96 valence electrons. The third-order valence-corrected chi connectivity index (χ3v) is 3.04. The van der Waals surface area contributed by atoms with Crippen LogP contribution in [0.5, 0.6) is 5.75 Å². The third kappa shape index (κ3) is 2.09. The van der Waals surface area contributed by atoms with Crippen molar-refractivity contribution in [2.24, 2.45) is 7.05 Å². The number of halogens is 1. The zero-order chi connectivity index (χ0) is 13.3. The molecular weight excluding hydrogens is 235 g/mol. The van der Waals surface area contributed by atoms with Crippen molar-refractivity contribution in [3.63, 3.8) is 0 Å². The number of rotatable bonds is 3. The van der Waals surface area contributed by atoms with Crippen LogP contribution in [0.2, 0.25) is 0 Å². The molecule has 0 fully saturated rings. The van der Waals surface area contributed by atoms with Gasteiger partial charge in [0.15, 0.2) is 0 Å². The minimum atomic E-state index is -1.04. The summed E-state index contributed by atoms with van der Waals surface area (Å²) in [5.74, 6) is 0.684.